The molecule has 2 unspecified atom stereocenters. The maximum Gasteiger partial charge on any atom is 0.0465 e. The van der Waals surface area contributed by atoms with Crippen LogP contribution in [0.25, 0.3) is 0 Å². The Bertz CT molecular complexity index is 247. The molecular formula is C17H36N2O. The van der Waals surface area contributed by atoms with Gasteiger partial charge >= 0.3 is 0 Å². The van der Waals surface area contributed by atoms with Gasteiger partial charge in [0.1, 0.15) is 0 Å². The van der Waals surface area contributed by atoms with Crippen LogP contribution in [0, 0.1) is 5.92 Å². The number of nitrogens with zero attached hydrogens (tertiary/aromatic N) is 1. The van der Waals surface area contributed by atoms with Gasteiger partial charge in [0.05, 0.1) is 0 Å². The van der Waals surface area contributed by atoms with Crippen LogP contribution in [0.15, 0.2) is 0 Å². The molecule has 3 heteroatoms. The van der Waals surface area contributed by atoms with Crippen molar-refractivity contribution in [3.05, 3.63) is 0 Å². The summed E-state index contributed by atoms with van der Waals surface area (Å²) in [5, 5.41) is 3.83. The zero-order valence-corrected chi connectivity index (χ0v) is 14.4. The van der Waals surface area contributed by atoms with E-state index in [-0.39, 0.29) is 0 Å². The van der Waals surface area contributed by atoms with Crippen LogP contribution < -0.4 is 5.32 Å². The first-order chi connectivity index (χ1) is 9.66. The fraction of sp³-hybridized carbons (Fsp3) is 1.00. The molecule has 1 fully saturated rings. The number of nitrogens with one attached hydrogen (secondary N) is 1. The summed E-state index contributed by atoms with van der Waals surface area (Å²) >= 11 is 0. The van der Waals surface area contributed by atoms with Crippen molar-refractivity contribution in [3.8, 4) is 0 Å². The van der Waals surface area contributed by atoms with Crippen LogP contribution in [0.1, 0.15) is 59.8 Å². The van der Waals surface area contributed by atoms with Gasteiger partial charge in [-0.3, -0.25) is 4.90 Å². The first-order valence-corrected chi connectivity index (χ1v) is 8.63. The molecule has 0 spiro atoms. The highest BCUT2D eigenvalue weighted by atomic mass is 16.5. The smallest absolute Gasteiger partial charge is 0.0465 e. The van der Waals surface area contributed by atoms with Crippen molar-refractivity contribution in [2.24, 2.45) is 5.92 Å². The fourth-order valence-corrected chi connectivity index (χ4v) is 4.28. The van der Waals surface area contributed by atoms with Gasteiger partial charge in [0.2, 0.25) is 0 Å². The molecule has 2 atom stereocenters. The summed E-state index contributed by atoms with van der Waals surface area (Å²) in [7, 11) is 1.81. The molecule has 0 radical (unpaired) electrons. The highest BCUT2D eigenvalue weighted by molar-refractivity contribution is 5.04. The van der Waals surface area contributed by atoms with Gasteiger partial charge in [-0.05, 0) is 44.8 Å². The molecule has 1 saturated carbocycles. The number of methoxy groups -OCH3 is 1. The van der Waals surface area contributed by atoms with E-state index in [1.165, 1.54) is 25.7 Å². The lowest BCUT2D eigenvalue weighted by Gasteiger charge is -2.49. The second-order valence-corrected chi connectivity index (χ2v) is 6.28. The normalized spacial score (nSPS) is 21.3. The molecule has 0 amide bonds. The zero-order valence-electron chi connectivity index (χ0n) is 14.4. The minimum absolute atomic E-state index is 0.368. The molecule has 0 aromatic heterocycles. The Kier molecular flexibility index (Phi) is 8.08. The van der Waals surface area contributed by atoms with Crippen molar-refractivity contribution < 1.29 is 4.74 Å². The van der Waals surface area contributed by atoms with Gasteiger partial charge in [0.25, 0.3) is 0 Å². The quantitative estimate of drug-likeness (QED) is 0.666. The lowest BCUT2D eigenvalue weighted by atomic mass is 9.78. The van der Waals surface area contributed by atoms with E-state index >= 15 is 0 Å². The third-order valence-corrected chi connectivity index (χ3v) is 5.21. The van der Waals surface area contributed by atoms with E-state index in [9.17, 15) is 0 Å². The summed E-state index contributed by atoms with van der Waals surface area (Å²) in [4.78, 5) is 2.72. The standard InChI is InChI=1S/C17H36N2O/c1-6-18-16(15(4)11-14-20-5)17(12-9-10-13-17)19(7-2)8-3/h15-16,18H,6-14H2,1-5H3. The van der Waals surface area contributed by atoms with Crippen LogP contribution in [0.3, 0.4) is 0 Å². The molecule has 0 saturated heterocycles. The summed E-state index contributed by atoms with van der Waals surface area (Å²) in [6.45, 7) is 13.5. The minimum Gasteiger partial charge on any atom is -0.385 e. The molecule has 0 aromatic carbocycles. The van der Waals surface area contributed by atoms with Crippen LogP contribution in [0.2, 0.25) is 0 Å². The maximum absolute atomic E-state index is 5.31. The van der Waals surface area contributed by atoms with Gasteiger partial charge in [-0.2, -0.15) is 0 Å². The lowest BCUT2D eigenvalue weighted by molar-refractivity contribution is 0.0354. The van der Waals surface area contributed by atoms with Crippen molar-refractivity contribution in [1.82, 2.24) is 10.2 Å². The van der Waals surface area contributed by atoms with E-state index in [2.05, 4.69) is 37.9 Å². The highest BCUT2D eigenvalue weighted by Gasteiger charge is 2.46. The predicted molar refractivity (Wildman–Crippen MR) is 87.2 cm³/mol. The number of hydrogen-bond acceptors (Lipinski definition) is 3. The summed E-state index contributed by atoms with van der Waals surface area (Å²) in [5.41, 5.74) is 0.368. The predicted octanol–water partition coefficient (Wildman–Crippen LogP) is 3.29. The van der Waals surface area contributed by atoms with E-state index in [0.29, 0.717) is 17.5 Å². The fourth-order valence-electron chi connectivity index (χ4n) is 4.28. The molecule has 3 nitrogen and oxygen atoms in total. The molecule has 0 aromatic rings. The minimum atomic E-state index is 0.368. The van der Waals surface area contributed by atoms with Gasteiger partial charge in [-0.1, -0.05) is 40.5 Å². The van der Waals surface area contributed by atoms with E-state index in [4.69, 9.17) is 4.74 Å². The number of hydrogen-bond donors (Lipinski definition) is 1. The second-order valence-electron chi connectivity index (χ2n) is 6.28. The molecule has 120 valence electrons. The summed E-state index contributed by atoms with van der Waals surface area (Å²) in [5.74, 6) is 0.661. The van der Waals surface area contributed by atoms with Crippen LogP contribution >= 0.6 is 0 Å². The van der Waals surface area contributed by atoms with Crippen LogP contribution in [0.5, 0.6) is 0 Å². The van der Waals surface area contributed by atoms with Crippen LogP contribution in [-0.2, 0) is 4.74 Å². The molecular weight excluding hydrogens is 248 g/mol. The second kappa shape index (κ2) is 9.01. The Balaban J connectivity index is 2.92. The SMILES string of the molecule is CCNC(C(C)CCOC)C1(N(CC)CC)CCCC1. The summed E-state index contributed by atoms with van der Waals surface area (Å²) < 4.78 is 5.31. The van der Waals surface area contributed by atoms with Gasteiger partial charge in [-0.25, -0.2) is 0 Å². The Morgan fingerprint density at radius 1 is 1.15 bits per heavy atom. The van der Waals surface area contributed by atoms with E-state index in [1.807, 2.05) is 7.11 Å². The lowest BCUT2D eigenvalue weighted by Crippen LogP contribution is -2.62. The Morgan fingerprint density at radius 3 is 2.20 bits per heavy atom. The molecule has 1 aliphatic rings. The number of likely N-dealkylation sites (N-methyl/N-ethyl adjacent to an activating group) is 2. The molecule has 0 aliphatic heterocycles. The molecule has 1 N–H and O–H groups in total. The third kappa shape index (κ3) is 3.96. The Morgan fingerprint density at radius 2 is 1.75 bits per heavy atom. The molecule has 0 heterocycles. The Hall–Kier alpha value is -0.120. The van der Waals surface area contributed by atoms with E-state index in [1.54, 1.807) is 0 Å². The molecule has 0 bridgehead atoms. The third-order valence-electron chi connectivity index (χ3n) is 5.21. The van der Waals surface area contributed by atoms with E-state index in [0.717, 1.165) is 32.7 Å². The average molecular weight is 284 g/mol. The van der Waals surface area contributed by atoms with Gasteiger partial charge < -0.3 is 10.1 Å². The highest BCUT2D eigenvalue weighted by Crippen LogP contribution is 2.41. The zero-order chi connectivity index (χ0) is 15.0. The van der Waals surface area contributed by atoms with Crippen molar-refractivity contribution >= 4 is 0 Å². The van der Waals surface area contributed by atoms with Crippen molar-refractivity contribution in [2.45, 2.75) is 71.4 Å². The first kappa shape index (κ1) is 17.9. The van der Waals surface area contributed by atoms with Gasteiger partial charge in [0.15, 0.2) is 0 Å². The maximum atomic E-state index is 5.31. The summed E-state index contributed by atoms with van der Waals surface area (Å²) in [6.07, 6.45) is 6.62. The van der Waals surface area contributed by atoms with Crippen LogP contribution in [0.4, 0.5) is 0 Å². The number of ether oxygens (including phenoxy) is 1. The van der Waals surface area contributed by atoms with Crippen LogP contribution in [-0.4, -0.2) is 49.8 Å². The van der Waals surface area contributed by atoms with Crippen molar-refractivity contribution in [3.63, 3.8) is 0 Å². The van der Waals surface area contributed by atoms with Crippen molar-refractivity contribution in [2.75, 3.05) is 33.4 Å². The first-order valence-electron chi connectivity index (χ1n) is 8.63. The Labute approximate surface area is 126 Å². The van der Waals surface area contributed by atoms with Crippen molar-refractivity contribution in [1.29, 1.82) is 0 Å². The average Bonchev–Trinajstić information content (AvgIpc) is 2.93. The summed E-state index contributed by atoms with van der Waals surface area (Å²) in [6, 6.07) is 0.588. The topological polar surface area (TPSA) is 24.5 Å². The van der Waals surface area contributed by atoms with Gasteiger partial charge in [-0.15, -0.1) is 0 Å². The molecule has 1 rings (SSSR count). The molecule has 1 aliphatic carbocycles. The monoisotopic (exact) mass is 284 g/mol. The largest absolute Gasteiger partial charge is 0.385 e. The van der Waals surface area contributed by atoms with Gasteiger partial charge in [0, 0.05) is 25.3 Å². The molecule has 20 heavy (non-hydrogen) atoms. The number of rotatable bonds is 10. The van der Waals surface area contributed by atoms with E-state index < -0.39 is 0 Å².